The summed E-state index contributed by atoms with van der Waals surface area (Å²) in [5.41, 5.74) is -0.108. The summed E-state index contributed by atoms with van der Waals surface area (Å²) < 4.78 is 89.2. The van der Waals surface area contributed by atoms with Gasteiger partial charge in [-0.2, -0.15) is 5.10 Å². The zero-order valence-electron chi connectivity index (χ0n) is 25.2. The number of halogens is 6. The van der Waals surface area contributed by atoms with E-state index in [2.05, 4.69) is 20.5 Å². The number of esters is 1. The molecule has 0 unspecified atom stereocenters. The van der Waals surface area contributed by atoms with Crippen molar-refractivity contribution in [2.24, 2.45) is 0 Å². The van der Waals surface area contributed by atoms with Gasteiger partial charge in [0, 0.05) is 23.4 Å². The molecule has 3 aromatic carbocycles. The molecule has 2 N–H and O–H groups in total. The number of aromatic nitrogens is 2. The number of hydrogen-bond acceptors (Lipinski definition) is 6. The van der Waals surface area contributed by atoms with Crippen molar-refractivity contribution in [1.29, 1.82) is 0 Å². The van der Waals surface area contributed by atoms with Crippen molar-refractivity contribution in [3.8, 4) is 17.0 Å². The molecule has 0 aliphatic heterocycles. The van der Waals surface area contributed by atoms with Crippen molar-refractivity contribution in [2.45, 2.75) is 45.7 Å². The van der Waals surface area contributed by atoms with Crippen LogP contribution in [0.25, 0.3) is 11.3 Å². The molecule has 0 bridgehead atoms. The van der Waals surface area contributed by atoms with Crippen molar-refractivity contribution in [2.75, 3.05) is 11.9 Å². The number of benzene rings is 3. The monoisotopic (exact) mass is 662 g/mol. The topological polar surface area (TPSA) is 112 Å². The fraction of sp³-hybridized carbons (Fsp3) is 0.250. The number of alkyl halides is 3. The number of nitrogens with one attached hydrogen (secondary N) is 2. The lowest BCUT2D eigenvalue weighted by Crippen LogP contribution is -2.29. The van der Waals surface area contributed by atoms with Crippen molar-refractivity contribution >= 4 is 23.5 Å². The van der Waals surface area contributed by atoms with E-state index in [9.17, 15) is 40.7 Å². The Morgan fingerprint density at radius 1 is 0.851 bits per heavy atom. The lowest BCUT2D eigenvalue weighted by molar-refractivity contribution is -0.274. The molecule has 0 fully saturated rings. The molecule has 0 radical (unpaired) electrons. The Bertz CT molecular complexity index is 1740. The lowest BCUT2D eigenvalue weighted by Gasteiger charge is -2.19. The van der Waals surface area contributed by atoms with Crippen LogP contribution in [-0.2, 0) is 16.1 Å². The van der Waals surface area contributed by atoms with Gasteiger partial charge in [-0.3, -0.25) is 19.1 Å². The van der Waals surface area contributed by atoms with E-state index < -0.39 is 52.9 Å². The summed E-state index contributed by atoms with van der Waals surface area (Å²) in [5, 5.41) is 9.40. The molecule has 15 heteroatoms. The van der Waals surface area contributed by atoms with Gasteiger partial charge < -0.3 is 20.1 Å². The second-order valence-corrected chi connectivity index (χ2v) is 11.1. The number of amides is 2. The van der Waals surface area contributed by atoms with Crippen LogP contribution in [0.5, 0.6) is 5.75 Å². The van der Waals surface area contributed by atoms with Crippen LogP contribution in [0.3, 0.4) is 0 Å². The molecule has 0 atom stereocenters. The van der Waals surface area contributed by atoms with Gasteiger partial charge in [0.05, 0.1) is 18.7 Å². The molecule has 0 aliphatic rings. The van der Waals surface area contributed by atoms with Gasteiger partial charge in [0.15, 0.2) is 17.5 Å². The Hall–Kier alpha value is -5.34. The number of hydrogen-bond donors (Lipinski definition) is 2. The van der Waals surface area contributed by atoms with Crippen LogP contribution in [0.15, 0.2) is 66.7 Å². The summed E-state index contributed by atoms with van der Waals surface area (Å²) in [6.45, 7) is 5.16. The second-order valence-electron chi connectivity index (χ2n) is 11.1. The molecule has 4 aromatic rings. The van der Waals surface area contributed by atoms with Gasteiger partial charge in [0.1, 0.15) is 17.0 Å². The Kier molecular flexibility index (Phi) is 10.3. The highest BCUT2D eigenvalue weighted by atomic mass is 19.4. The van der Waals surface area contributed by atoms with E-state index in [1.54, 1.807) is 32.9 Å². The Morgan fingerprint density at radius 2 is 1.47 bits per heavy atom. The minimum Gasteiger partial charge on any atom is -0.460 e. The number of carbonyl (C=O) groups is 3. The number of anilines is 1. The normalized spacial score (nSPS) is 11.6. The quantitative estimate of drug-likeness (QED) is 0.112. The predicted molar refractivity (Wildman–Crippen MR) is 157 cm³/mol. The molecule has 0 saturated carbocycles. The molecule has 47 heavy (non-hydrogen) atoms. The smallest absolute Gasteiger partial charge is 0.460 e. The maximum Gasteiger partial charge on any atom is 0.573 e. The van der Waals surface area contributed by atoms with Crippen molar-refractivity contribution in [3.63, 3.8) is 0 Å². The molecule has 1 heterocycles. The molecule has 2 amide bonds. The summed E-state index contributed by atoms with van der Waals surface area (Å²) in [6.07, 6.45) is -4.93. The molecule has 1 aromatic heterocycles. The summed E-state index contributed by atoms with van der Waals surface area (Å²) in [6, 6.07) is 13.1. The van der Waals surface area contributed by atoms with Gasteiger partial charge in [0.2, 0.25) is 0 Å². The fourth-order valence-electron chi connectivity index (χ4n) is 4.21. The second kappa shape index (κ2) is 14.0. The highest BCUT2D eigenvalue weighted by Gasteiger charge is 2.31. The highest BCUT2D eigenvalue weighted by molar-refractivity contribution is 6.03. The van der Waals surface area contributed by atoms with E-state index in [1.165, 1.54) is 35.0 Å². The maximum atomic E-state index is 14.0. The number of nitrogens with zero attached hydrogens (tertiary/aromatic N) is 2. The number of ether oxygens (including phenoxy) is 2. The molecule has 4 rings (SSSR count). The summed E-state index contributed by atoms with van der Waals surface area (Å²) in [5.74, 6) is -6.83. The molecule has 9 nitrogen and oxygen atoms in total. The van der Waals surface area contributed by atoms with Crippen LogP contribution < -0.4 is 15.4 Å². The zero-order valence-corrected chi connectivity index (χ0v) is 25.2. The van der Waals surface area contributed by atoms with Crippen LogP contribution in [-0.4, -0.2) is 46.1 Å². The third-order valence-corrected chi connectivity index (χ3v) is 6.22. The molecule has 0 aliphatic carbocycles. The molecule has 0 saturated heterocycles. The Balaban J connectivity index is 1.53. The van der Waals surface area contributed by atoms with Gasteiger partial charge in [-0.05, 0) is 80.9 Å². The van der Waals surface area contributed by atoms with Gasteiger partial charge in [-0.1, -0.05) is 12.1 Å². The van der Waals surface area contributed by atoms with Crippen LogP contribution in [0, 0.1) is 17.5 Å². The van der Waals surface area contributed by atoms with Crippen LogP contribution >= 0.6 is 0 Å². The molecular weight excluding hydrogens is 634 g/mol. The van der Waals surface area contributed by atoms with E-state index in [0.29, 0.717) is 17.7 Å². The van der Waals surface area contributed by atoms with Gasteiger partial charge in [-0.25, -0.2) is 13.2 Å². The largest absolute Gasteiger partial charge is 0.573 e. The number of carbonyl (C=O) groups excluding carboxylic acids is 3. The van der Waals surface area contributed by atoms with Crippen LogP contribution in [0.2, 0.25) is 0 Å². The Labute approximate surface area is 264 Å². The summed E-state index contributed by atoms with van der Waals surface area (Å²) >= 11 is 0. The maximum absolute atomic E-state index is 14.0. The van der Waals surface area contributed by atoms with Crippen molar-refractivity contribution in [1.82, 2.24) is 15.1 Å². The van der Waals surface area contributed by atoms with Crippen LogP contribution in [0.4, 0.5) is 32.0 Å². The SMILES string of the molecule is CC(C)(C)OC(=O)CCNC(=O)c1ccc(Cn2nc(-c3cc(F)c(F)c(F)c3)cc2C(=O)Nc2ccc(OC(F)(F)F)cc2)cc1. The first-order valence-corrected chi connectivity index (χ1v) is 14.0. The minimum absolute atomic E-state index is 0.0269. The first kappa shape index (κ1) is 34.5. The third kappa shape index (κ3) is 9.82. The van der Waals surface area contributed by atoms with E-state index >= 15 is 0 Å². The van der Waals surface area contributed by atoms with Gasteiger partial charge in [-0.15, -0.1) is 13.2 Å². The summed E-state index contributed by atoms with van der Waals surface area (Å²) in [7, 11) is 0. The Morgan fingerprint density at radius 3 is 2.04 bits per heavy atom. The van der Waals surface area contributed by atoms with Gasteiger partial charge >= 0.3 is 12.3 Å². The zero-order chi connectivity index (χ0) is 34.5. The first-order chi connectivity index (χ1) is 22.0. The van der Waals surface area contributed by atoms with E-state index in [4.69, 9.17) is 4.74 Å². The average Bonchev–Trinajstić information content (AvgIpc) is 3.39. The van der Waals surface area contributed by atoms with Crippen molar-refractivity contribution < 1.29 is 50.2 Å². The number of rotatable bonds is 10. The first-order valence-electron chi connectivity index (χ1n) is 14.0. The van der Waals surface area contributed by atoms with Crippen LogP contribution in [0.1, 0.15) is 53.6 Å². The van der Waals surface area contributed by atoms with E-state index in [1.807, 2.05) is 0 Å². The van der Waals surface area contributed by atoms with E-state index in [-0.39, 0.29) is 47.7 Å². The fourth-order valence-corrected chi connectivity index (χ4v) is 4.21. The lowest BCUT2D eigenvalue weighted by atomic mass is 10.1. The molecule has 0 spiro atoms. The molecular formula is C32H28F6N4O5. The third-order valence-electron chi connectivity index (χ3n) is 6.22. The van der Waals surface area contributed by atoms with E-state index in [0.717, 1.165) is 12.1 Å². The predicted octanol–water partition coefficient (Wildman–Crippen LogP) is 6.63. The van der Waals surface area contributed by atoms with Crippen molar-refractivity contribution in [3.05, 3.63) is 101 Å². The highest BCUT2D eigenvalue weighted by Crippen LogP contribution is 2.27. The summed E-state index contributed by atoms with van der Waals surface area (Å²) in [4.78, 5) is 37.7. The minimum atomic E-state index is -4.91. The standard InChI is InChI=1S/C32H28F6N4O5/c1-31(2,3)47-27(43)12-13-39-29(44)19-6-4-18(5-7-19)17-42-26(16-25(41-42)20-14-23(33)28(35)24(34)15-20)30(45)40-21-8-10-22(11-9-21)46-32(36,37)38/h4-11,14-16H,12-13,17H2,1-3H3,(H,39,44)(H,40,45). The van der Waals surface area contributed by atoms with Gasteiger partial charge in [0.25, 0.3) is 11.8 Å². The average molecular weight is 663 g/mol. The molecule has 248 valence electrons.